The van der Waals surface area contributed by atoms with Crippen molar-refractivity contribution >= 4 is 5.97 Å². The van der Waals surface area contributed by atoms with Crippen LogP contribution < -0.4 is 5.48 Å². The number of fused-ring (bicyclic) bond motifs is 1. The van der Waals surface area contributed by atoms with E-state index in [9.17, 15) is 15.0 Å². The maximum atomic E-state index is 10.4. The van der Waals surface area contributed by atoms with E-state index in [-0.39, 0.29) is 24.9 Å². The molecular weight excluding hydrogens is 334 g/mol. The number of rotatable bonds is 11. The Bertz CT molecular complexity index is 562. The SMILES string of the molecule is CCCCCCCC(O)C#CC1C(O)CC2=C(NOCCC(=O)O)CC21. The van der Waals surface area contributed by atoms with Gasteiger partial charge in [-0.2, -0.15) is 0 Å². The molecule has 4 N–H and O–H groups in total. The molecule has 0 aromatic carbocycles. The number of allylic oxidation sites excluding steroid dienone is 1. The van der Waals surface area contributed by atoms with E-state index in [1.807, 2.05) is 0 Å². The molecule has 4 unspecified atom stereocenters. The number of hydrogen-bond donors (Lipinski definition) is 4. The largest absolute Gasteiger partial charge is 0.481 e. The van der Waals surface area contributed by atoms with Gasteiger partial charge >= 0.3 is 5.97 Å². The molecule has 6 heteroatoms. The third-order valence-corrected chi connectivity index (χ3v) is 5.15. The average molecular weight is 365 g/mol. The molecular formula is C20H31NO5. The number of carbonyl (C=O) groups is 1. The molecule has 146 valence electrons. The van der Waals surface area contributed by atoms with Gasteiger partial charge in [-0.1, -0.05) is 44.4 Å². The van der Waals surface area contributed by atoms with Crippen LogP contribution in [-0.4, -0.2) is 40.1 Å². The monoisotopic (exact) mass is 365 g/mol. The molecule has 1 fully saturated rings. The van der Waals surface area contributed by atoms with E-state index in [1.54, 1.807) is 0 Å². The van der Waals surface area contributed by atoms with Crippen molar-refractivity contribution in [2.45, 2.75) is 76.9 Å². The van der Waals surface area contributed by atoms with Crippen LogP contribution in [0.4, 0.5) is 0 Å². The summed E-state index contributed by atoms with van der Waals surface area (Å²) in [5.74, 6) is 5.18. The molecule has 0 aromatic rings. The van der Waals surface area contributed by atoms with Crippen molar-refractivity contribution in [3.05, 3.63) is 11.3 Å². The lowest BCUT2D eigenvalue weighted by atomic mass is 9.79. The minimum absolute atomic E-state index is 0.0495. The number of unbranched alkanes of at least 4 members (excludes halogenated alkanes) is 4. The van der Waals surface area contributed by atoms with E-state index in [2.05, 4.69) is 24.2 Å². The van der Waals surface area contributed by atoms with Gasteiger partial charge in [0.25, 0.3) is 0 Å². The predicted molar refractivity (Wildman–Crippen MR) is 97.7 cm³/mol. The quantitative estimate of drug-likeness (QED) is 0.255. The fourth-order valence-corrected chi connectivity index (χ4v) is 3.59. The zero-order valence-corrected chi connectivity index (χ0v) is 15.5. The first-order valence-electron chi connectivity index (χ1n) is 9.71. The van der Waals surface area contributed by atoms with Crippen LogP contribution in [0.25, 0.3) is 0 Å². The van der Waals surface area contributed by atoms with E-state index in [1.165, 1.54) is 19.3 Å². The molecule has 0 bridgehead atoms. The normalized spacial score (nSPS) is 25.1. The summed E-state index contributed by atoms with van der Waals surface area (Å²) >= 11 is 0. The summed E-state index contributed by atoms with van der Waals surface area (Å²) in [6.45, 7) is 2.28. The maximum Gasteiger partial charge on any atom is 0.305 e. The van der Waals surface area contributed by atoms with Gasteiger partial charge in [0.2, 0.25) is 0 Å². The Hall–Kier alpha value is -1.55. The van der Waals surface area contributed by atoms with Gasteiger partial charge in [0, 0.05) is 11.6 Å². The first kappa shape index (κ1) is 20.8. The van der Waals surface area contributed by atoms with Crippen LogP contribution in [0.2, 0.25) is 0 Å². The predicted octanol–water partition coefficient (Wildman–Crippen LogP) is 2.36. The summed E-state index contributed by atoms with van der Waals surface area (Å²) < 4.78 is 0. The fourth-order valence-electron chi connectivity index (χ4n) is 3.59. The Morgan fingerprint density at radius 2 is 2.08 bits per heavy atom. The molecule has 6 nitrogen and oxygen atoms in total. The molecule has 1 saturated carbocycles. The molecule has 0 heterocycles. The number of aliphatic hydroxyl groups excluding tert-OH is 2. The van der Waals surface area contributed by atoms with Crippen LogP contribution in [0.15, 0.2) is 11.3 Å². The van der Waals surface area contributed by atoms with Gasteiger partial charge in [-0.25, -0.2) is 0 Å². The van der Waals surface area contributed by atoms with Crippen LogP contribution in [0.1, 0.15) is 64.7 Å². The molecule has 2 rings (SSSR count). The Labute approximate surface area is 155 Å². The van der Waals surface area contributed by atoms with Crippen molar-refractivity contribution in [2.24, 2.45) is 11.8 Å². The summed E-state index contributed by atoms with van der Waals surface area (Å²) in [4.78, 5) is 15.6. The maximum absolute atomic E-state index is 10.4. The van der Waals surface area contributed by atoms with Gasteiger partial charge < -0.3 is 15.3 Å². The number of carboxylic acids is 1. The van der Waals surface area contributed by atoms with Crippen molar-refractivity contribution in [2.75, 3.05) is 6.61 Å². The third kappa shape index (κ3) is 6.01. The molecule has 26 heavy (non-hydrogen) atoms. The van der Waals surface area contributed by atoms with Crippen LogP contribution >= 0.6 is 0 Å². The lowest BCUT2D eigenvalue weighted by Gasteiger charge is -2.30. The van der Waals surface area contributed by atoms with Gasteiger partial charge in [-0.15, -0.1) is 0 Å². The average Bonchev–Trinajstić information content (AvgIpc) is 2.83. The second kappa shape index (κ2) is 10.6. The van der Waals surface area contributed by atoms with E-state index in [0.717, 1.165) is 30.5 Å². The van der Waals surface area contributed by atoms with Gasteiger partial charge in [0.15, 0.2) is 0 Å². The zero-order valence-electron chi connectivity index (χ0n) is 15.5. The molecule has 0 aromatic heterocycles. The lowest BCUT2D eigenvalue weighted by molar-refractivity contribution is -0.138. The smallest absolute Gasteiger partial charge is 0.305 e. The lowest BCUT2D eigenvalue weighted by Crippen LogP contribution is -2.30. The fraction of sp³-hybridized carbons (Fsp3) is 0.750. The molecule has 0 aliphatic heterocycles. The molecule has 2 aliphatic carbocycles. The zero-order chi connectivity index (χ0) is 18.9. The van der Waals surface area contributed by atoms with E-state index in [0.29, 0.717) is 12.8 Å². The summed E-state index contributed by atoms with van der Waals surface area (Å²) in [5, 5.41) is 28.8. The van der Waals surface area contributed by atoms with Crippen molar-refractivity contribution in [1.82, 2.24) is 5.48 Å². The third-order valence-electron chi connectivity index (χ3n) is 5.15. The molecule has 4 atom stereocenters. The first-order chi connectivity index (χ1) is 12.5. The topological polar surface area (TPSA) is 99.0 Å². The van der Waals surface area contributed by atoms with Gasteiger partial charge in [0.05, 0.1) is 25.0 Å². The van der Waals surface area contributed by atoms with Crippen molar-refractivity contribution < 1.29 is 25.0 Å². The summed E-state index contributed by atoms with van der Waals surface area (Å²) in [5.41, 5.74) is 4.85. The minimum Gasteiger partial charge on any atom is -0.481 e. The van der Waals surface area contributed by atoms with Crippen LogP contribution in [0, 0.1) is 23.7 Å². The van der Waals surface area contributed by atoms with E-state index in [4.69, 9.17) is 9.94 Å². The summed E-state index contributed by atoms with van der Waals surface area (Å²) in [6, 6.07) is 0. The van der Waals surface area contributed by atoms with Crippen LogP contribution in [-0.2, 0) is 9.63 Å². The Kier molecular flexibility index (Phi) is 8.43. The van der Waals surface area contributed by atoms with Gasteiger partial charge in [-0.3, -0.25) is 15.1 Å². The highest BCUT2D eigenvalue weighted by Gasteiger charge is 2.45. The minimum atomic E-state index is -0.897. The summed E-state index contributed by atoms with van der Waals surface area (Å²) in [7, 11) is 0. The summed E-state index contributed by atoms with van der Waals surface area (Å²) in [6.07, 6.45) is 6.58. The Morgan fingerprint density at radius 1 is 1.31 bits per heavy atom. The van der Waals surface area contributed by atoms with Gasteiger partial charge in [-0.05, 0) is 31.3 Å². The standard InChI is InChI=1S/C20H31NO5/c1-2-3-4-5-6-7-14(22)8-9-15-16-12-18(17(16)13-19(15)23)21-26-11-10-20(24)25/h14-16,19,21-23H,2-7,10-13H2,1H3,(H,24,25). The number of hydroxylamine groups is 1. The second-order valence-electron chi connectivity index (χ2n) is 7.21. The number of carboxylic acid groups (broad SMARTS) is 1. The molecule has 0 radical (unpaired) electrons. The Balaban J connectivity index is 1.74. The number of hydrogen-bond acceptors (Lipinski definition) is 5. The highest BCUT2D eigenvalue weighted by Crippen LogP contribution is 2.48. The van der Waals surface area contributed by atoms with Crippen molar-refractivity contribution in [3.8, 4) is 11.8 Å². The Morgan fingerprint density at radius 3 is 2.81 bits per heavy atom. The van der Waals surface area contributed by atoms with Crippen LogP contribution in [0.3, 0.4) is 0 Å². The molecule has 0 spiro atoms. The van der Waals surface area contributed by atoms with Gasteiger partial charge in [0.1, 0.15) is 6.10 Å². The van der Waals surface area contributed by atoms with E-state index < -0.39 is 18.2 Å². The van der Waals surface area contributed by atoms with E-state index >= 15 is 0 Å². The molecule has 0 amide bonds. The highest BCUT2D eigenvalue weighted by atomic mass is 16.6. The number of aliphatic hydroxyl groups is 2. The first-order valence-corrected chi connectivity index (χ1v) is 9.71. The van der Waals surface area contributed by atoms with Crippen molar-refractivity contribution in [3.63, 3.8) is 0 Å². The molecule has 2 aliphatic rings. The van der Waals surface area contributed by atoms with Crippen LogP contribution in [0.5, 0.6) is 0 Å². The van der Waals surface area contributed by atoms with Crippen molar-refractivity contribution in [1.29, 1.82) is 0 Å². The molecule has 0 saturated heterocycles. The number of aliphatic carboxylic acids is 1. The number of nitrogens with one attached hydrogen (secondary N) is 1. The second-order valence-corrected chi connectivity index (χ2v) is 7.21. The highest BCUT2D eigenvalue weighted by molar-refractivity contribution is 5.66.